The van der Waals surface area contributed by atoms with Crippen molar-refractivity contribution in [3.63, 3.8) is 0 Å². The van der Waals surface area contributed by atoms with Gasteiger partial charge in [-0.2, -0.15) is 5.10 Å². The second kappa shape index (κ2) is 5.59. The molecule has 60 valence electrons. The predicted molar refractivity (Wildman–Crippen MR) is 49.1 cm³/mol. The van der Waals surface area contributed by atoms with Crippen LogP contribution in [-0.2, 0) is 0 Å². The fraction of sp³-hybridized carbons (Fsp3) is 0.857. The lowest BCUT2D eigenvalue weighted by Gasteiger charge is -2.12. The minimum Gasteiger partial charge on any atom is -0.323 e. The second-order valence-corrected chi connectivity index (χ2v) is 3.69. The largest absolute Gasteiger partial charge is 0.323 e. The average Bonchev–Trinajstić information content (AvgIpc) is 1.88. The van der Waals surface area contributed by atoms with Crippen LogP contribution in [-0.4, -0.2) is 11.3 Å². The van der Waals surface area contributed by atoms with Crippen molar-refractivity contribution in [3.05, 3.63) is 0 Å². The number of hydrazone groups is 1. The van der Waals surface area contributed by atoms with E-state index in [0.29, 0.717) is 0 Å². The van der Waals surface area contributed by atoms with Crippen molar-refractivity contribution in [2.75, 3.05) is 5.75 Å². The van der Waals surface area contributed by atoms with Gasteiger partial charge in [0.2, 0.25) is 0 Å². The summed E-state index contributed by atoms with van der Waals surface area (Å²) in [6.07, 6.45) is 0. The van der Waals surface area contributed by atoms with Crippen LogP contribution < -0.4 is 5.84 Å². The first-order valence-corrected chi connectivity index (χ1v) is 4.56. The normalized spacial score (nSPS) is 14.8. The summed E-state index contributed by atoms with van der Waals surface area (Å²) in [6.45, 7) is 6.69. The van der Waals surface area contributed by atoms with Gasteiger partial charge in [-0.25, -0.2) is 0 Å². The molecular formula is C7H16N2S. The quantitative estimate of drug-likeness (QED) is 0.295. The third-order valence-corrected chi connectivity index (χ3v) is 2.62. The third kappa shape index (κ3) is 4.68. The van der Waals surface area contributed by atoms with E-state index >= 15 is 0 Å². The molecule has 3 heteroatoms. The lowest BCUT2D eigenvalue weighted by atomic mass is 10.0. The van der Waals surface area contributed by atoms with Crippen LogP contribution in [0.2, 0.25) is 0 Å². The van der Waals surface area contributed by atoms with Gasteiger partial charge >= 0.3 is 0 Å². The van der Waals surface area contributed by atoms with Gasteiger partial charge in [-0.3, -0.25) is 0 Å². The van der Waals surface area contributed by atoms with Gasteiger partial charge in [0.05, 0.1) is 5.55 Å². The fourth-order valence-corrected chi connectivity index (χ4v) is 1.29. The van der Waals surface area contributed by atoms with Crippen molar-refractivity contribution in [2.24, 2.45) is 22.8 Å². The smallest absolute Gasteiger partial charge is 0.0795 e. The van der Waals surface area contributed by atoms with Crippen LogP contribution in [0.4, 0.5) is 0 Å². The molecule has 0 bridgehead atoms. The summed E-state index contributed by atoms with van der Waals surface area (Å²) in [5.74, 6) is 7.54. The summed E-state index contributed by atoms with van der Waals surface area (Å²) >= 11 is 1.67. The Hall–Kier alpha value is -0.180. The average molecular weight is 160 g/mol. The van der Waals surface area contributed by atoms with Gasteiger partial charge in [-0.1, -0.05) is 20.8 Å². The molecule has 0 rings (SSSR count). The van der Waals surface area contributed by atoms with E-state index in [1.165, 1.54) is 0 Å². The van der Waals surface area contributed by atoms with Crippen LogP contribution in [0.15, 0.2) is 5.10 Å². The fourth-order valence-electron chi connectivity index (χ4n) is 0.430. The molecule has 0 amide bonds. The van der Waals surface area contributed by atoms with Crippen LogP contribution in [0.25, 0.3) is 0 Å². The number of nitrogens with zero attached hydrogens (tertiary/aromatic N) is 1. The van der Waals surface area contributed by atoms with Crippen LogP contribution in [0.3, 0.4) is 0 Å². The molecule has 0 fully saturated rings. The number of hydrogen-bond donors (Lipinski definition) is 1. The highest BCUT2D eigenvalue weighted by atomic mass is 32.2. The monoisotopic (exact) mass is 160 g/mol. The molecule has 1 atom stereocenters. The highest BCUT2D eigenvalue weighted by Gasteiger charge is 2.04. The molecule has 0 aromatic carbocycles. The summed E-state index contributed by atoms with van der Waals surface area (Å²) in [4.78, 5) is 0. The molecule has 2 N–H and O–H groups in total. The maximum absolute atomic E-state index is 4.94. The van der Waals surface area contributed by atoms with E-state index in [9.17, 15) is 0 Å². The van der Waals surface area contributed by atoms with Crippen molar-refractivity contribution < 1.29 is 0 Å². The molecule has 2 nitrogen and oxygen atoms in total. The molecule has 10 heavy (non-hydrogen) atoms. The van der Waals surface area contributed by atoms with Crippen LogP contribution in [0, 0.1) is 11.8 Å². The molecule has 0 aromatic heterocycles. The molecule has 0 radical (unpaired) electrons. The number of rotatable bonds is 4. The molecule has 0 aliphatic heterocycles. The Morgan fingerprint density at radius 2 is 2.10 bits per heavy atom. The van der Waals surface area contributed by atoms with E-state index in [0.717, 1.165) is 17.6 Å². The van der Waals surface area contributed by atoms with Gasteiger partial charge in [0.1, 0.15) is 0 Å². The highest BCUT2D eigenvalue weighted by molar-refractivity contribution is 8.12. The highest BCUT2D eigenvalue weighted by Crippen LogP contribution is 2.14. The molecular weight excluding hydrogens is 144 g/mol. The molecule has 0 saturated carbocycles. The molecule has 0 saturated heterocycles. The van der Waals surface area contributed by atoms with Crippen molar-refractivity contribution in [1.29, 1.82) is 0 Å². The third-order valence-electron chi connectivity index (χ3n) is 1.63. The first kappa shape index (κ1) is 9.82. The van der Waals surface area contributed by atoms with Crippen molar-refractivity contribution in [3.8, 4) is 0 Å². The lowest BCUT2D eigenvalue weighted by molar-refractivity contribution is 0.465. The van der Waals surface area contributed by atoms with Gasteiger partial charge in [-0.05, 0) is 11.8 Å². The molecule has 0 heterocycles. The maximum atomic E-state index is 4.94. The summed E-state index contributed by atoms with van der Waals surface area (Å²) in [7, 11) is 0. The van der Waals surface area contributed by atoms with Crippen LogP contribution in [0.5, 0.6) is 0 Å². The summed E-state index contributed by atoms with van der Waals surface area (Å²) in [5, 5.41) is 3.40. The van der Waals surface area contributed by atoms with E-state index in [-0.39, 0.29) is 0 Å². The number of thioether (sulfide) groups is 1. The molecule has 1 unspecified atom stereocenters. The zero-order valence-corrected chi connectivity index (χ0v) is 7.69. The molecule has 0 aliphatic rings. The summed E-state index contributed by atoms with van der Waals surface area (Å²) in [6, 6.07) is 0. The summed E-state index contributed by atoms with van der Waals surface area (Å²) in [5.41, 5.74) is 1.69. The first-order valence-electron chi connectivity index (χ1n) is 3.51. The summed E-state index contributed by atoms with van der Waals surface area (Å²) < 4.78 is 0. The molecule has 0 aliphatic carbocycles. The lowest BCUT2D eigenvalue weighted by Crippen LogP contribution is -2.06. The molecule has 0 aromatic rings. The van der Waals surface area contributed by atoms with Gasteiger partial charge in [0.25, 0.3) is 0 Å². The van der Waals surface area contributed by atoms with E-state index in [2.05, 4.69) is 25.9 Å². The topological polar surface area (TPSA) is 38.4 Å². The SMILES string of the molecule is CC(C)C(C)CS/C=N\N. The zero-order chi connectivity index (χ0) is 7.98. The Balaban J connectivity index is 3.30. The Morgan fingerprint density at radius 3 is 2.50 bits per heavy atom. The standard InChI is InChI=1S/C7H16N2S/c1-6(2)7(3)4-10-5-9-8/h5-7H,4,8H2,1-3H3/b9-5-. The van der Waals surface area contributed by atoms with Crippen molar-refractivity contribution in [1.82, 2.24) is 0 Å². The van der Waals surface area contributed by atoms with Crippen LogP contribution in [0.1, 0.15) is 20.8 Å². The first-order chi connectivity index (χ1) is 4.68. The minimum atomic E-state index is 0.739. The Labute approximate surface area is 67.3 Å². The number of nitrogens with two attached hydrogens (primary N) is 1. The number of hydrogen-bond acceptors (Lipinski definition) is 3. The van der Waals surface area contributed by atoms with Crippen molar-refractivity contribution in [2.45, 2.75) is 20.8 Å². The maximum Gasteiger partial charge on any atom is 0.0795 e. The van der Waals surface area contributed by atoms with Gasteiger partial charge in [-0.15, -0.1) is 11.8 Å². The predicted octanol–water partition coefficient (Wildman–Crippen LogP) is 1.91. The molecule has 0 spiro atoms. The van der Waals surface area contributed by atoms with Crippen molar-refractivity contribution >= 4 is 17.3 Å². The Bertz CT molecular complexity index is 102. The van der Waals surface area contributed by atoms with E-state index < -0.39 is 0 Å². The van der Waals surface area contributed by atoms with Crippen LogP contribution >= 0.6 is 11.8 Å². The van der Waals surface area contributed by atoms with Gasteiger partial charge in [0, 0.05) is 5.75 Å². The minimum absolute atomic E-state index is 0.739. The van der Waals surface area contributed by atoms with E-state index in [1.54, 1.807) is 17.3 Å². The van der Waals surface area contributed by atoms with E-state index in [4.69, 9.17) is 5.84 Å². The van der Waals surface area contributed by atoms with E-state index in [1.807, 2.05) is 0 Å². The zero-order valence-electron chi connectivity index (χ0n) is 6.87. The Kier molecular flexibility index (Phi) is 5.49. The van der Waals surface area contributed by atoms with Gasteiger partial charge in [0.15, 0.2) is 0 Å². The second-order valence-electron chi connectivity index (χ2n) is 2.81. The Morgan fingerprint density at radius 1 is 1.50 bits per heavy atom. The van der Waals surface area contributed by atoms with Gasteiger partial charge < -0.3 is 5.84 Å².